The number of rotatable bonds is 4. The van der Waals surface area contributed by atoms with Gasteiger partial charge in [0.1, 0.15) is 0 Å². The van der Waals surface area contributed by atoms with Crippen LogP contribution in [0.15, 0.2) is 48.5 Å². The monoisotopic (exact) mass is 624 g/mol. The molecule has 5 heterocycles. The summed E-state index contributed by atoms with van der Waals surface area (Å²) in [7, 11) is 0. The van der Waals surface area contributed by atoms with Crippen LogP contribution in [0, 0.1) is 126 Å². The van der Waals surface area contributed by atoms with Crippen LogP contribution >= 0.6 is 0 Å². The molecule has 48 heavy (non-hydrogen) atoms. The van der Waals surface area contributed by atoms with Crippen LogP contribution in [-0.2, 0) is 21.7 Å². The third-order valence-corrected chi connectivity index (χ3v) is 12.0. The zero-order chi connectivity index (χ0) is 32.7. The molecule has 4 aliphatic carbocycles. The molecular formula is C44H40N4. The predicted molar refractivity (Wildman–Crippen MR) is 191 cm³/mol. The van der Waals surface area contributed by atoms with E-state index in [1.54, 1.807) is 0 Å². The van der Waals surface area contributed by atoms with Crippen molar-refractivity contribution in [3.63, 3.8) is 0 Å². The Morgan fingerprint density at radius 2 is 0.417 bits per heavy atom. The molecule has 0 aromatic carbocycles. The van der Waals surface area contributed by atoms with Crippen molar-refractivity contribution >= 4 is 0 Å². The van der Waals surface area contributed by atoms with Crippen LogP contribution in [-0.4, -0.2) is 19.9 Å². The minimum Gasteiger partial charge on any atom is -0.361 e. The standard InChI is InChI=1S/C44H40N4/c1-41(29-13-5-6-14-29)33-21-23-35(45-33)42(2,30-15-7-8-16-30)37-25-27-39(47-37)44(4,32-19-11-12-20-32)40-28-26-38(48-40)43(3,31-17-9-10-18-31)36-24-22-34(41)46-36/h5-28,45-48H,1-4H3. The smallest absolute Gasteiger partial charge is 0.0543 e. The average molecular weight is 625 g/mol. The van der Waals surface area contributed by atoms with Crippen molar-refractivity contribution in [2.75, 3.05) is 0 Å². The van der Waals surface area contributed by atoms with Crippen LogP contribution in [0.3, 0.4) is 0 Å². The summed E-state index contributed by atoms with van der Waals surface area (Å²) in [6.45, 7) is 9.34. The first-order valence-electron chi connectivity index (χ1n) is 17.0. The Bertz CT molecular complexity index is 1400. The summed E-state index contributed by atoms with van der Waals surface area (Å²) >= 11 is 0. The van der Waals surface area contributed by atoms with Crippen LogP contribution in [0.2, 0.25) is 0 Å². The maximum atomic E-state index is 4.00. The molecule has 4 aromatic rings. The number of hydrogen-bond acceptors (Lipinski definition) is 0. The summed E-state index contributed by atoms with van der Waals surface area (Å²) in [5.74, 6) is 4.96. The fourth-order valence-electron chi connectivity index (χ4n) is 8.57. The second kappa shape index (κ2) is 11.3. The molecule has 4 nitrogen and oxygen atoms in total. The largest absolute Gasteiger partial charge is 0.361 e. The first kappa shape index (κ1) is 31.1. The van der Waals surface area contributed by atoms with Gasteiger partial charge in [0.25, 0.3) is 0 Å². The maximum Gasteiger partial charge on any atom is 0.0543 e. The Labute approximate surface area is 289 Å². The zero-order valence-corrected chi connectivity index (χ0v) is 27.9. The molecule has 8 bridgehead atoms. The van der Waals surface area contributed by atoms with Crippen molar-refractivity contribution in [2.24, 2.45) is 0 Å². The van der Waals surface area contributed by atoms with Gasteiger partial charge < -0.3 is 19.9 Å². The molecule has 236 valence electrons. The van der Waals surface area contributed by atoms with Crippen molar-refractivity contribution in [2.45, 2.75) is 49.4 Å². The van der Waals surface area contributed by atoms with Gasteiger partial charge in [0.05, 0.1) is 21.7 Å². The Morgan fingerprint density at radius 1 is 0.271 bits per heavy atom. The van der Waals surface area contributed by atoms with Crippen molar-refractivity contribution in [1.82, 2.24) is 19.9 Å². The maximum absolute atomic E-state index is 4.00. The molecule has 4 heteroatoms. The Hall–Kier alpha value is -2.88. The van der Waals surface area contributed by atoms with E-state index >= 15 is 0 Å². The molecular weight excluding hydrogens is 585 g/mol. The molecule has 9 rings (SSSR count). The van der Waals surface area contributed by atoms with Gasteiger partial charge in [0.2, 0.25) is 0 Å². The summed E-state index contributed by atoms with van der Waals surface area (Å²) in [5.41, 5.74) is 7.37. The van der Waals surface area contributed by atoms with Crippen LogP contribution < -0.4 is 0 Å². The van der Waals surface area contributed by atoms with E-state index < -0.39 is 21.7 Å². The Kier molecular flexibility index (Phi) is 7.34. The van der Waals surface area contributed by atoms with Crippen molar-refractivity contribution < 1.29 is 0 Å². The van der Waals surface area contributed by atoms with Gasteiger partial charge in [-0.3, -0.25) is 0 Å². The molecule has 0 atom stereocenters. The van der Waals surface area contributed by atoms with E-state index in [1.165, 1.54) is 23.7 Å². The van der Waals surface area contributed by atoms with E-state index in [-0.39, 0.29) is 0 Å². The topological polar surface area (TPSA) is 63.2 Å². The van der Waals surface area contributed by atoms with Gasteiger partial charge >= 0.3 is 0 Å². The van der Waals surface area contributed by atoms with Gasteiger partial charge in [0, 0.05) is 69.2 Å². The van der Waals surface area contributed by atoms with E-state index in [4.69, 9.17) is 0 Å². The van der Waals surface area contributed by atoms with Gasteiger partial charge in [-0.05, 0) is 179 Å². The molecule has 4 N–H and O–H groups in total. The molecule has 4 saturated carbocycles. The van der Waals surface area contributed by atoms with Gasteiger partial charge in [-0.1, -0.05) is 0 Å². The Balaban J connectivity index is 1.30. The molecule has 0 saturated heterocycles. The molecule has 0 amide bonds. The highest BCUT2D eigenvalue weighted by Crippen LogP contribution is 2.54. The predicted octanol–water partition coefficient (Wildman–Crippen LogP) is 8.16. The number of H-pyrrole nitrogens is 4. The lowest BCUT2D eigenvalue weighted by Gasteiger charge is -2.38. The fourth-order valence-corrected chi connectivity index (χ4v) is 8.57. The fraction of sp³-hybridized carbons (Fsp3) is 0.182. The second-order valence-corrected chi connectivity index (χ2v) is 14.3. The van der Waals surface area contributed by atoms with Crippen LogP contribution in [0.1, 0.15) is 73.2 Å². The van der Waals surface area contributed by atoms with E-state index in [0.717, 1.165) is 45.6 Å². The minimum absolute atomic E-state index is 0.449. The van der Waals surface area contributed by atoms with E-state index in [0.29, 0.717) is 0 Å². The molecule has 4 aromatic heterocycles. The number of aromatic nitrogens is 4. The Morgan fingerprint density at radius 3 is 0.562 bits per heavy atom. The summed E-state index contributed by atoms with van der Waals surface area (Å²) in [6, 6.07) is 18.3. The molecule has 4 fully saturated rings. The lowest BCUT2D eigenvalue weighted by Crippen LogP contribution is -2.36. The lowest BCUT2D eigenvalue weighted by molar-refractivity contribution is 0.536. The van der Waals surface area contributed by atoms with Gasteiger partial charge in [0.15, 0.2) is 0 Å². The number of aromatic amines is 4. The average Bonchev–Trinajstić information content (AvgIpc) is 3.97. The normalized spacial score (nSPS) is 33.8. The summed E-state index contributed by atoms with van der Waals surface area (Å²) in [4.78, 5) is 16.0. The number of hydrogen-bond donors (Lipinski definition) is 4. The molecule has 0 spiro atoms. The molecule has 1 aliphatic heterocycles. The summed E-state index contributed by atoms with van der Waals surface area (Å²) in [6.07, 6.45) is 35.0. The number of fused-ring (bicyclic) bond motifs is 8. The lowest BCUT2D eigenvalue weighted by atomic mass is 9.70. The van der Waals surface area contributed by atoms with Gasteiger partial charge in [-0.15, -0.1) is 0 Å². The quantitative estimate of drug-likeness (QED) is 0.177. The molecule has 5 aliphatic rings. The molecule has 0 unspecified atom stereocenters. The van der Waals surface area contributed by atoms with Gasteiger partial charge in [-0.25, -0.2) is 0 Å². The first-order chi connectivity index (χ1) is 23.3. The summed E-state index contributed by atoms with van der Waals surface area (Å²) in [5, 5.41) is 0. The van der Waals surface area contributed by atoms with Gasteiger partial charge in [-0.2, -0.15) is 0 Å². The highest BCUT2D eigenvalue weighted by atomic mass is 14.9. The van der Waals surface area contributed by atoms with Crippen molar-refractivity contribution in [3.05, 3.63) is 220 Å². The van der Waals surface area contributed by atoms with E-state index in [1.807, 2.05) is 0 Å². The number of nitrogens with one attached hydrogen (secondary N) is 4. The van der Waals surface area contributed by atoms with Crippen molar-refractivity contribution in [3.8, 4) is 0 Å². The minimum atomic E-state index is -0.449. The van der Waals surface area contributed by atoms with Crippen LogP contribution in [0.25, 0.3) is 0 Å². The van der Waals surface area contributed by atoms with Crippen molar-refractivity contribution in [1.29, 1.82) is 0 Å². The second-order valence-electron chi connectivity index (χ2n) is 14.3. The third kappa shape index (κ3) is 4.32. The molecule has 20 radical (unpaired) electrons. The highest BCUT2D eigenvalue weighted by Gasteiger charge is 2.50. The van der Waals surface area contributed by atoms with Crippen LogP contribution in [0.5, 0.6) is 0 Å². The van der Waals surface area contributed by atoms with Crippen LogP contribution in [0.4, 0.5) is 0 Å². The van der Waals surface area contributed by atoms with E-state index in [2.05, 4.69) is 199 Å². The van der Waals surface area contributed by atoms with E-state index in [9.17, 15) is 0 Å². The first-order valence-corrected chi connectivity index (χ1v) is 17.0. The highest BCUT2D eigenvalue weighted by molar-refractivity contribution is 5.60. The third-order valence-electron chi connectivity index (χ3n) is 12.0. The summed E-state index contributed by atoms with van der Waals surface area (Å²) < 4.78 is 0. The SMILES string of the molecule is CC1([C]2[CH][CH][CH][CH]2)c2ccc([nH]2)C(C)([C]2[CH][CH][CH][CH]2)c2ccc([nH]2)C(C)([C]2[CH][CH][CH][CH]2)c2ccc([nH]2)C(C)([C]2[CH][CH][CH][CH]2)c2ccc1[nH]2. The zero-order valence-electron chi connectivity index (χ0n) is 27.9.